The number of rotatable bonds is 2. The fourth-order valence-electron chi connectivity index (χ4n) is 1.42. The number of ether oxygens (including phenoxy) is 1. The molecule has 0 radical (unpaired) electrons. The Bertz CT molecular complexity index is 359. The van der Waals surface area contributed by atoms with Gasteiger partial charge in [0.25, 0.3) is 0 Å². The minimum Gasteiger partial charge on any atom is -0.454 e. The van der Waals surface area contributed by atoms with Crippen LogP contribution in [-0.4, -0.2) is 42.6 Å². The molecule has 0 aromatic rings. The molecule has 0 N–H and O–H groups in total. The third-order valence-electron chi connectivity index (χ3n) is 2.32. The van der Waals surface area contributed by atoms with Crippen molar-refractivity contribution in [3.63, 3.8) is 0 Å². The Morgan fingerprint density at radius 1 is 1.22 bits per heavy atom. The largest absolute Gasteiger partial charge is 0.454 e. The van der Waals surface area contributed by atoms with E-state index in [4.69, 9.17) is 0 Å². The van der Waals surface area contributed by atoms with Gasteiger partial charge in [-0.1, -0.05) is 0 Å². The zero-order valence-corrected chi connectivity index (χ0v) is 9.30. The maximum atomic E-state index is 12.3. The number of allylic oxidation sites excluding steroid dienone is 1. The summed E-state index contributed by atoms with van der Waals surface area (Å²) in [5, 5.41) is 0. The van der Waals surface area contributed by atoms with E-state index in [1.807, 2.05) is 0 Å². The summed E-state index contributed by atoms with van der Waals surface area (Å²) >= 11 is 0. The second kappa shape index (κ2) is 5.83. The van der Waals surface area contributed by atoms with Crippen LogP contribution >= 0.6 is 0 Å². The molecule has 1 heterocycles. The molecule has 0 aromatic carbocycles. The summed E-state index contributed by atoms with van der Waals surface area (Å²) in [6.07, 6.45) is -3.51. The molecule has 1 amide bonds. The molecule has 1 rings (SSSR count). The molecule has 0 aromatic heterocycles. The zero-order valence-electron chi connectivity index (χ0n) is 9.30. The molecule has 8 heteroatoms. The first kappa shape index (κ1) is 14.5. The van der Waals surface area contributed by atoms with Gasteiger partial charge in [-0.25, -0.2) is 9.18 Å². The maximum absolute atomic E-state index is 12.3. The number of nitrogens with zero attached hydrogens (tertiary/aromatic N) is 1. The van der Waals surface area contributed by atoms with E-state index >= 15 is 0 Å². The summed E-state index contributed by atoms with van der Waals surface area (Å²) in [6.45, 7) is -0.0921. The number of esters is 1. The second-order valence-electron chi connectivity index (χ2n) is 3.65. The summed E-state index contributed by atoms with van der Waals surface area (Å²) in [6, 6.07) is 0. The van der Waals surface area contributed by atoms with Crippen LogP contribution in [0.2, 0.25) is 0 Å². The van der Waals surface area contributed by atoms with Crippen LogP contribution in [0.5, 0.6) is 0 Å². The van der Waals surface area contributed by atoms with Crippen LogP contribution in [0.1, 0.15) is 12.8 Å². The van der Waals surface area contributed by atoms with Crippen LogP contribution in [0, 0.1) is 0 Å². The molecule has 102 valence electrons. The maximum Gasteiger partial charge on any atom is 0.442 e. The molecular weight excluding hydrogens is 258 g/mol. The monoisotopic (exact) mass is 269 g/mol. The van der Waals surface area contributed by atoms with Gasteiger partial charge in [-0.2, -0.15) is 13.2 Å². The van der Waals surface area contributed by atoms with Crippen LogP contribution < -0.4 is 0 Å². The number of halogens is 4. The topological polar surface area (TPSA) is 46.6 Å². The van der Waals surface area contributed by atoms with E-state index < -0.39 is 30.5 Å². The Balaban J connectivity index is 2.39. The fraction of sp³-hybridized carbons (Fsp3) is 0.600. The number of likely N-dealkylation sites (tertiary alicyclic amines) is 1. The van der Waals surface area contributed by atoms with Gasteiger partial charge < -0.3 is 9.64 Å². The van der Waals surface area contributed by atoms with Gasteiger partial charge in [0, 0.05) is 13.1 Å². The molecule has 0 bridgehead atoms. The third kappa shape index (κ3) is 4.01. The van der Waals surface area contributed by atoms with Gasteiger partial charge in [-0.05, 0) is 18.9 Å². The molecular formula is C10H11F4NO3. The lowest BCUT2D eigenvalue weighted by Crippen LogP contribution is -2.35. The molecule has 1 aliphatic rings. The fourth-order valence-corrected chi connectivity index (χ4v) is 1.42. The highest BCUT2D eigenvalue weighted by molar-refractivity contribution is 6.32. The van der Waals surface area contributed by atoms with Crippen molar-refractivity contribution in [2.24, 2.45) is 0 Å². The molecule has 4 nitrogen and oxygen atoms in total. The highest BCUT2D eigenvalue weighted by Gasteiger charge is 2.34. The van der Waals surface area contributed by atoms with Gasteiger partial charge in [0.2, 0.25) is 5.83 Å². The van der Waals surface area contributed by atoms with E-state index in [9.17, 15) is 27.2 Å². The number of carbonyl (C=O) groups is 2. The number of hydrogen-bond donors (Lipinski definition) is 0. The first-order valence-electron chi connectivity index (χ1n) is 5.21. The lowest BCUT2D eigenvalue weighted by atomic mass is 10.4. The summed E-state index contributed by atoms with van der Waals surface area (Å²) in [7, 11) is 0. The summed E-state index contributed by atoms with van der Waals surface area (Å²) < 4.78 is 51.7. The Morgan fingerprint density at radius 3 is 2.28 bits per heavy atom. The predicted molar refractivity (Wildman–Crippen MR) is 52.0 cm³/mol. The Hall–Kier alpha value is -1.60. The Labute approximate surface area is 100 Å². The van der Waals surface area contributed by atoms with E-state index in [1.165, 1.54) is 4.90 Å². The summed E-state index contributed by atoms with van der Waals surface area (Å²) in [5.74, 6) is -4.54. The number of alkyl halides is 3. The van der Waals surface area contributed by atoms with Gasteiger partial charge in [-0.15, -0.1) is 0 Å². The highest BCUT2D eigenvalue weighted by atomic mass is 19.4. The quantitative estimate of drug-likeness (QED) is 0.434. The van der Waals surface area contributed by atoms with Crippen molar-refractivity contribution in [2.75, 3.05) is 19.7 Å². The lowest BCUT2D eigenvalue weighted by Gasteiger charge is -2.13. The summed E-state index contributed by atoms with van der Waals surface area (Å²) in [4.78, 5) is 23.7. The van der Waals surface area contributed by atoms with Crippen molar-refractivity contribution in [3.8, 4) is 0 Å². The minimum atomic E-state index is -5.11. The van der Waals surface area contributed by atoms with Gasteiger partial charge >= 0.3 is 18.1 Å². The lowest BCUT2D eigenvalue weighted by molar-refractivity contribution is -0.158. The molecule has 0 atom stereocenters. The summed E-state index contributed by atoms with van der Waals surface area (Å²) in [5.41, 5.74) is 0. The SMILES string of the molecule is O=C(OC/C=C(\F)C(F)(F)F)C(=O)N1CCCC1. The van der Waals surface area contributed by atoms with Crippen LogP contribution in [0.4, 0.5) is 17.6 Å². The number of amides is 1. The van der Waals surface area contributed by atoms with Crippen LogP contribution in [0.3, 0.4) is 0 Å². The Kier molecular flexibility index (Phi) is 4.69. The molecule has 0 aliphatic carbocycles. The first-order valence-corrected chi connectivity index (χ1v) is 5.21. The van der Waals surface area contributed by atoms with Crippen molar-refractivity contribution in [2.45, 2.75) is 19.0 Å². The van der Waals surface area contributed by atoms with E-state index in [-0.39, 0.29) is 6.08 Å². The number of carbonyl (C=O) groups excluding carboxylic acids is 2. The van der Waals surface area contributed by atoms with E-state index in [0.717, 1.165) is 12.8 Å². The molecule has 1 aliphatic heterocycles. The Morgan fingerprint density at radius 2 is 1.78 bits per heavy atom. The van der Waals surface area contributed by atoms with Crippen molar-refractivity contribution < 1.29 is 31.9 Å². The molecule has 1 saturated heterocycles. The van der Waals surface area contributed by atoms with Crippen molar-refractivity contribution in [3.05, 3.63) is 11.9 Å². The van der Waals surface area contributed by atoms with Crippen LogP contribution in [0.25, 0.3) is 0 Å². The van der Waals surface area contributed by atoms with E-state index in [2.05, 4.69) is 4.74 Å². The standard InChI is InChI=1S/C10H11F4NO3/c11-7(10(12,13)14)3-6-18-9(17)8(16)15-4-1-2-5-15/h3H,1-2,4-6H2/b7-3-. The minimum absolute atomic E-state index is 0.0646. The number of hydrogen-bond acceptors (Lipinski definition) is 3. The third-order valence-corrected chi connectivity index (χ3v) is 2.32. The van der Waals surface area contributed by atoms with Gasteiger partial charge in [0.1, 0.15) is 6.61 Å². The second-order valence-corrected chi connectivity index (χ2v) is 3.65. The van der Waals surface area contributed by atoms with E-state index in [0.29, 0.717) is 13.1 Å². The van der Waals surface area contributed by atoms with Gasteiger partial charge in [-0.3, -0.25) is 4.79 Å². The van der Waals surface area contributed by atoms with Crippen molar-refractivity contribution in [1.29, 1.82) is 0 Å². The predicted octanol–water partition coefficient (Wildman–Crippen LogP) is 1.57. The average molecular weight is 269 g/mol. The molecule has 0 saturated carbocycles. The van der Waals surface area contributed by atoms with Gasteiger partial charge in [0.05, 0.1) is 0 Å². The molecule has 0 spiro atoms. The smallest absolute Gasteiger partial charge is 0.442 e. The van der Waals surface area contributed by atoms with Gasteiger partial charge in [0.15, 0.2) is 0 Å². The molecule has 1 fully saturated rings. The molecule has 0 unspecified atom stereocenters. The first-order chi connectivity index (χ1) is 8.32. The average Bonchev–Trinajstić information content (AvgIpc) is 2.79. The normalized spacial score (nSPS) is 16.9. The van der Waals surface area contributed by atoms with Crippen LogP contribution in [0.15, 0.2) is 11.9 Å². The van der Waals surface area contributed by atoms with E-state index in [1.54, 1.807) is 0 Å². The molecule has 18 heavy (non-hydrogen) atoms. The zero-order chi connectivity index (χ0) is 13.8. The highest BCUT2D eigenvalue weighted by Crippen LogP contribution is 2.25. The van der Waals surface area contributed by atoms with Crippen molar-refractivity contribution >= 4 is 11.9 Å². The van der Waals surface area contributed by atoms with Crippen LogP contribution in [-0.2, 0) is 14.3 Å². The van der Waals surface area contributed by atoms with Crippen molar-refractivity contribution in [1.82, 2.24) is 4.90 Å².